The molecule has 0 aromatic carbocycles. The smallest absolute Gasteiger partial charge is 0.393 e. The second-order valence-corrected chi connectivity index (χ2v) is 9.04. The van der Waals surface area contributed by atoms with Crippen molar-refractivity contribution in [2.75, 3.05) is 23.3 Å². The fourth-order valence-electron chi connectivity index (χ4n) is 4.32. The molecule has 5 rings (SSSR count). The van der Waals surface area contributed by atoms with Gasteiger partial charge in [0.2, 0.25) is 0 Å². The largest absolute Gasteiger partial charge is 0.417 e. The van der Waals surface area contributed by atoms with Gasteiger partial charge in [-0.1, -0.05) is 0 Å². The third-order valence-corrected chi connectivity index (χ3v) is 6.48. The summed E-state index contributed by atoms with van der Waals surface area (Å²) in [7, 11) is 0. The highest BCUT2D eigenvalue weighted by molar-refractivity contribution is 6.05. The van der Waals surface area contributed by atoms with Gasteiger partial charge in [-0.15, -0.1) is 0 Å². The van der Waals surface area contributed by atoms with Crippen molar-refractivity contribution in [2.45, 2.75) is 50.8 Å². The molecule has 1 aliphatic carbocycles. The van der Waals surface area contributed by atoms with Crippen molar-refractivity contribution in [3.63, 3.8) is 0 Å². The molecule has 0 spiro atoms. The van der Waals surface area contributed by atoms with Crippen LogP contribution >= 0.6 is 0 Å². The first-order valence-electron chi connectivity index (χ1n) is 11.5. The zero-order valence-electron chi connectivity index (χ0n) is 19.1. The Balaban J connectivity index is 1.34. The molecule has 0 radical (unpaired) electrons. The molecule has 184 valence electrons. The molecule has 1 saturated heterocycles. The van der Waals surface area contributed by atoms with Crippen molar-refractivity contribution >= 4 is 17.4 Å². The Bertz CT molecular complexity index is 1230. The van der Waals surface area contributed by atoms with Crippen LogP contribution in [0.3, 0.4) is 0 Å². The van der Waals surface area contributed by atoms with E-state index in [1.165, 1.54) is 16.9 Å². The minimum Gasteiger partial charge on any atom is -0.393 e. The third kappa shape index (κ3) is 4.86. The number of carbonyl (C=O) groups excluding carboxylic acids is 1. The number of hydrogen-bond acceptors (Lipinski definition) is 6. The molecule has 0 atom stereocenters. The summed E-state index contributed by atoms with van der Waals surface area (Å²) in [5.41, 5.74) is 1.55. The van der Waals surface area contributed by atoms with Crippen LogP contribution in [-0.4, -0.2) is 50.0 Å². The first kappa shape index (κ1) is 23.3. The standard InChI is InChI=1S/C24H25F3N6O2/c1-14-20(13-30-33(14)21-5-4-16(11-28-21)24(25,26)27)23(35)31-17-10-19(15-2-3-15)22(29-12-17)32-8-6-18(34)7-9-32/h4-5,10-13,15,18,34H,2-3,6-9H2,1H3,(H,31,35). The SMILES string of the molecule is Cc1c(C(=O)Nc2cnc(N3CCC(O)CC3)c(C3CC3)c2)cnn1-c1ccc(C(F)(F)F)cn1. The number of anilines is 2. The van der Waals surface area contributed by atoms with Crippen LogP contribution in [0, 0.1) is 6.92 Å². The Hall–Kier alpha value is -3.47. The average Bonchev–Trinajstić information content (AvgIpc) is 3.61. The van der Waals surface area contributed by atoms with E-state index in [2.05, 4.69) is 25.3 Å². The lowest BCUT2D eigenvalue weighted by atomic mass is 10.1. The van der Waals surface area contributed by atoms with Crippen molar-refractivity contribution in [3.8, 4) is 5.82 Å². The van der Waals surface area contributed by atoms with Gasteiger partial charge in [-0.2, -0.15) is 18.3 Å². The number of alkyl halides is 3. The van der Waals surface area contributed by atoms with E-state index < -0.39 is 17.6 Å². The number of aliphatic hydroxyl groups is 1. The highest BCUT2D eigenvalue weighted by Crippen LogP contribution is 2.45. The van der Waals surface area contributed by atoms with E-state index >= 15 is 0 Å². The van der Waals surface area contributed by atoms with Crippen LogP contribution in [0.1, 0.15) is 58.8 Å². The fourth-order valence-corrected chi connectivity index (χ4v) is 4.32. The first-order valence-corrected chi connectivity index (χ1v) is 11.5. The molecule has 0 bridgehead atoms. The number of nitrogens with one attached hydrogen (secondary N) is 1. The van der Waals surface area contributed by atoms with E-state index in [0.29, 0.717) is 30.1 Å². The molecule has 1 aliphatic heterocycles. The zero-order chi connectivity index (χ0) is 24.7. The van der Waals surface area contributed by atoms with Crippen molar-refractivity contribution in [1.82, 2.24) is 19.7 Å². The van der Waals surface area contributed by atoms with E-state index in [4.69, 9.17) is 0 Å². The van der Waals surface area contributed by atoms with Gasteiger partial charge in [0.25, 0.3) is 5.91 Å². The minimum absolute atomic E-state index is 0.184. The molecule has 8 nitrogen and oxygen atoms in total. The Kier molecular flexibility index (Phi) is 5.96. The van der Waals surface area contributed by atoms with Crippen molar-refractivity contribution < 1.29 is 23.1 Å². The molecule has 1 saturated carbocycles. The Morgan fingerprint density at radius 1 is 1.09 bits per heavy atom. The predicted molar refractivity (Wildman–Crippen MR) is 123 cm³/mol. The quantitative estimate of drug-likeness (QED) is 0.564. The lowest BCUT2D eigenvalue weighted by molar-refractivity contribution is -0.137. The maximum atomic E-state index is 13.0. The van der Waals surface area contributed by atoms with Crippen LogP contribution in [0.2, 0.25) is 0 Å². The first-order chi connectivity index (χ1) is 16.7. The molecule has 35 heavy (non-hydrogen) atoms. The number of rotatable bonds is 5. The van der Waals surface area contributed by atoms with Gasteiger partial charge < -0.3 is 15.3 Å². The summed E-state index contributed by atoms with van der Waals surface area (Å²) in [5.74, 6) is 1.12. The number of amides is 1. The average molecular weight is 486 g/mol. The van der Waals surface area contributed by atoms with Gasteiger partial charge in [0.1, 0.15) is 5.82 Å². The normalized spacial score (nSPS) is 17.0. The molecular weight excluding hydrogens is 461 g/mol. The van der Waals surface area contributed by atoms with E-state index in [0.717, 1.165) is 49.6 Å². The monoisotopic (exact) mass is 486 g/mol. The summed E-state index contributed by atoms with van der Waals surface area (Å²) in [6.07, 6.45) is 2.57. The molecule has 1 amide bonds. The summed E-state index contributed by atoms with van der Waals surface area (Å²) >= 11 is 0. The summed E-state index contributed by atoms with van der Waals surface area (Å²) in [4.78, 5) is 23.7. The Morgan fingerprint density at radius 3 is 2.46 bits per heavy atom. The maximum Gasteiger partial charge on any atom is 0.417 e. The van der Waals surface area contributed by atoms with Gasteiger partial charge >= 0.3 is 6.18 Å². The highest BCUT2D eigenvalue weighted by Gasteiger charge is 2.32. The molecule has 0 unspecified atom stereocenters. The molecular formula is C24H25F3N6O2. The maximum absolute atomic E-state index is 13.0. The summed E-state index contributed by atoms with van der Waals surface area (Å²) in [5, 5.41) is 16.8. The number of pyridine rings is 2. The van der Waals surface area contributed by atoms with E-state index in [9.17, 15) is 23.1 Å². The second kappa shape index (κ2) is 8.95. The predicted octanol–water partition coefficient (Wildman–Crippen LogP) is 4.08. The number of aromatic nitrogens is 4. The van der Waals surface area contributed by atoms with Crippen molar-refractivity contribution in [1.29, 1.82) is 0 Å². The lowest BCUT2D eigenvalue weighted by Gasteiger charge is -2.32. The Labute approximate surface area is 199 Å². The van der Waals surface area contributed by atoms with Crippen molar-refractivity contribution in [2.24, 2.45) is 0 Å². The van der Waals surface area contributed by atoms with Crippen LogP contribution in [-0.2, 0) is 6.18 Å². The summed E-state index contributed by atoms with van der Waals surface area (Å²) in [6, 6.07) is 4.10. The third-order valence-electron chi connectivity index (χ3n) is 6.48. The van der Waals surface area contributed by atoms with Gasteiger partial charge in [-0.05, 0) is 62.3 Å². The molecule has 2 aliphatic rings. The van der Waals surface area contributed by atoms with E-state index in [1.807, 2.05) is 6.07 Å². The summed E-state index contributed by atoms with van der Waals surface area (Å²) < 4.78 is 39.8. The van der Waals surface area contributed by atoms with E-state index in [-0.39, 0.29) is 17.5 Å². The van der Waals surface area contributed by atoms with Crippen LogP contribution in [0.15, 0.2) is 36.8 Å². The van der Waals surface area contributed by atoms with E-state index in [1.54, 1.807) is 13.1 Å². The molecule has 3 aromatic rings. The fraction of sp³-hybridized carbons (Fsp3) is 0.417. The molecule has 11 heteroatoms. The molecule has 3 aromatic heterocycles. The number of aliphatic hydroxyl groups excluding tert-OH is 1. The van der Waals surface area contributed by atoms with Crippen LogP contribution in [0.5, 0.6) is 0 Å². The highest BCUT2D eigenvalue weighted by atomic mass is 19.4. The zero-order valence-corrected chi connectivity index (χ0v) is 19.1. The lowest BCUT2D eigenvalue weighted by Crippen LogP contribution is -2.36. The number of halogens is 3. The van der Waals surface area contributed by atoms with Gasteiger partial charge in [-0.25, -0.2) is 14.6 Å². The van der Waals surface area contributed by atoms with Gasteiger partial charge in [0.15, 0.2) is 5.82 Å². The number of hydrogen-bond donors (Lipinski definition) is 2. The Morgan fingerprint density at radius 2 is 1.83 bits per heavy atom. The summed E-state index contributed by atoms with van der Waals surface area (Å²) in [6.45, 7) is 3.15. The second-order valence-electron chi connectivity index (χ2n) is 9.04. The number of carbonyl (C=O) groups is 1. The number of nitrogens with zero attached hydrogens (tertiary/aromatic N) is 5. The van der Waals surface area contributed by atoms with Gasteiger partial charge in [-0.3, -0.25) is 4.79 Å². The minimum atomic E-state index is -4.48. The van der Waals surface area contributed by atoms with Crippen LogP contribution < -0.4 is 10.2 Å². The van der Waals surface area contributed by atoms with Crippen LogP contribution in [0.25, 0.3) is 5.82 Å². The van der Waals surface area contributed by atoms with Gasteiger partial charge in [0.05, 0.1) is 41.0 Å². The van der Waals surface area contributed by atoms with Gasteiger partial charge in [0, 0.05) is 19.3 Å². The molecule has 4 heterocycles. The number of piperidine rings is 1. The molecule has 2 fully saturated rings. The molecule has 2 N–H and O–H groups in total. The van der Waals surface area contributed by atoms with Crippen molar-refractivity contribution in [3.05, 3.63) is 59.2 Å². The topological polar surface area (TPSA) is 96.2 Å². The van der Waals surface area contributed by atoms with Crippen LogP contribution in [0.4, 0.5) is 24.7 Å².